The van der Waals surface area contributed by atoms with Crippen LogP contribution < -0.4 is 4.74 Å². The third-order valence-electron chi connectivity index (χ3n) is 4.17. The number of carboxylic acid groups (broad SMARTS) is 1. The number of ether oxygens (including phenoxy) is 2. The van der Waals surface area contributed by atoms with Crippen LogP contribution in [0.3, 0.4) is 0 Å². The molecule has 1 aromatic rings. The van der Waals surface area contributed by atoms with Crippen molar-refractivity contribution in [2.45, 2.75) is 36.9 Å². The number of carboxylic acids is 1. The Morgan fingerprint density at radius 3 is 2.89 bits per heavy atom. The van der Waals surface area contributed by atoms with E-state index in [1.54, 1.807) is 7.11 Å². The summed E-state index contributed by atoms with van der Waals surface area (Å²) in [5.41, 5.74) is -0.0983. The summed E-state index contributed by atoms with van der Waals surface area (Å²) in [5.74, 6) is -0.0983. The van der Waals surface area contributed by atoms with Crippen LogP contribution in [0, 0.1) is 0 Å². The molecule has 2 heterocycles. The van der Waals surface area contributed by atoms with Gasteiger partial charge in [-0.15, -0.1) is 0 Å². The van der Waals surface area contributed by atoms with Gasteiger partial charge in [0.05, 0.1) is 19.3 Å². The molecule has 0 aliphatic carbocycles. The molecule has 2 bridgehead atoms. The average molecular weight is 248 g/mol. The summed E-state index contributed by atoms with van der Waals surface area (Å²) in [6, 6.07) is 7.34. The molecule has 1 N–H and O–H groups in total. The Balaban J connectivity index is 2.07. The minimum atomic E-state index is -0.891. The Morgan fingerprint density at radius 1 is 1.50 bits per heavy atom. The number of rotatable bonds is 3. The highest BCUT2D eigenvalue weighted by Crippen LogP contribution is 2.50. The quantitative estimate of drug-likeness (QED) is 0.888. The molecule has 3 rings (SSSR count). The highest BCUT2D eigenvalue weighted by atomic mass is 16.5. The van der Waals surface area contributed by atoms with Gasteiger partial charge in [-0.25, -0.2) is 0 Å². The fraction of sp³-hybridized carbons (Fsp3) is 0.500. The van der Waals surface area contributed by atoms with Crippen molar-refractivity contribution < 1.29 is 19.4 Å². The molecular weight excluding hydrogens is 232 g/mol. The van der Waals surface area contributed by atoms with Crippen LogP contribution in [-0.2, 0) is 14.9 Å². The first-order valence-electron chi connectivity index (χ1n) is 6.20. The van der Waals surface area contributed by atoms with Crippen LogP contribution in [0.25, 0.3) is 0 Å². The number of benzene rings is 1. The number of hydrogen-bond donors (Lipinski definition) is 1. The number of hydrogen-bond acceptors (Lipinski definition) is 3. The van der Waals surface area contributed by atoms with Gasteiger partial charge in [0, 0.05) is 0 Å². The molecule has 3 unspecified atom stereocenters. The minimum Gasteiger partial charge on any atom is -0.497 e. The van der Waals surface area contributed by atoms with Crippen LogP contribution in [0.1, 0.15) is 24.8 Å². The van der Waals surface area contributed by atoms with Gasteiger partial charge in [-0.05, 0) is 37.0 Å². The van der Waals surface area contributed by atoms with Crippen LogP contribution in [-0.4, -0.2) is 30.4 Å². The van der Waals surface area contributed by atoms with Crippen LogP contribution in [0.15, 0.2) is 24.3 Å². The van der Waals surface area contributed by atoms with Crippen molar-refractivity contribution in [3.05, 3.63) is 29.8 Å². The van der Waals surface area contributed by atoms with Gasteiger partial charge >= 0.3 is 5.97 Å². The van der Waals surface area contributed by atoms with Gasteiger partial charge in [0.1, 0.15) is 11.2 Å². The molecular formula is C14H16O4. The van der Waals surface area contributed by atoms with Gasteiger partial charge in [-0.3, -0.25) is 4.79 Å². The van der Waals surface area contributed by atoms with E-state index >= 15 is 0 Å². The lowest BCUT2D eigenvalue weighted by molar-refractivity contribution is -0.146. The summed E-state index contributed by atoms with van der Waals surface area (Å²) < 4.78 is 10.9. The molecule has 4 heteroatoms. The van der Waals surface area contributed by atoms with Crippen molar-refractivity contribution in [1.29, 1.82) is 0 Å². The fourth-order valence-corrected chi connectivity index (χ4v) is 3.26. The van der Waals surface area contributed by atoms with Crippen LogP contribution in [0.4, 0.5) is 0 Å². The highest BCUT2D eigenvalue weighted by Gasteiger charge is 2.58. The van der Waals surface area contributed by atoms with E-state index in [1.807, 2.05) is 24.3 Å². The average Bonchev–Trinajstić information content (AvgIpc) is 2.99. The maximum absolute atomic E-state index is 11.8. The monoisotopic (exact) mass is 248 g/mol. The van der Waals surface area contributed by atoms with E-state index in [0.717, 1.165) is 18.4 Å². The maximum Gasteiger partial charge on any atom is 0.316 e. The molecule has 2 aliphatic heterocycles. The molecule has 2 aliphatic rings. The lowest BCUT2D eigenvalue weighted by atomic mass is 9.69. The molecule has 0 spiro atoms. The molecule has 4 nitrogen and oxygen atoms in total. The summed E-state index contributed by atoms with van der Waals surface area (Å²) in [6.07, 6.45) is 2.27. The van der Waals surface area contributed by atoms with E-state index in [-0.39, 0.29) is 12.2 Å². The molecule has 96 valence electrons. The molecule has 0 aromatic heterocycles. The third kappa shape index (κ3) is 1.45. The molecule has 1 aromatic carbocycles. The van der Waals surface area contributed by atoms with Crippen molar-refractivity contribution in [1.82, 2.24) is 0 Å². The molecule has 2 fully saturated rings. The first-order valence-corrected chi connectivity index (χ1v) is 6.20. The standard InChI is InChI=1S/C14H16O4/c1-17-10-4-2-3-9(7-10)14(13(15)16)8-11-5-6-12(14)18-11/h2-4,7,11-12H,5-6,8H2,1H3,(H,15,16). The normalized spacial score (nSPS) is 33.6. The number of fused-ring (bicyclic) bond motifs is 2. The molecule has 0 radical (unpaired) electrons. The maximum atomic E-state index is 11.8. The minimum absolute atomic E-state index is 0.0947. The molecule has 3 atom stereocenters. The Kier molecular flexibility index (Phi) is 2.55. The largest absolute Gasteiger partial charge is 0.497 e. The summed E-state index contributed by atoms with van der Waals surface area (Å²) in [7, 11) is 1.59. The van der Waals surface area contributed by atoms with Gasteiger partial charge in [0.25, 0.3) is 0 Å². The topological polar surface area (TPSA) is 55.8 Å². The SMILES string of the molecule is COc1cccc(C2(C(=O)O)CC3CCC2O3)c1. The predicted octanol–water partition coefficient (Wildman–Crippen LogP) is 1.97. The molecule has 0 amide bonds. The smallest absolute Gasteiger partial charge is 0.316 e. The second-order valence-electron chi connectivity index (χ2n) is 5.04. The number of methoxy groups -OCH3 is 1. The zero-order chi connectivity index (χ0) is 12.8. The summed E-state index contributed by atoms with van der Waals surface area (Å²) >= 11 is 0. The first-order chi connectivity index (χ1) is 8.66. The van der Waals surface area contributed by atoms with Crippen molar-refractivity contribution >= 4 is 5.97 Å². The first kappa shape index (κ1) is 11.5. The van der Waals surface area contributed by atoms with Gasteiger partial charge in [-0.1, -0.05) is 12.1 Å². The summed E-state index contributed by atoms with van der Waals surface area (Å²) in [5, 5.41) is 9.68. The van der Waals surface area contributed by atoms with Gasteiger partial charge < -0.3 is 14.6 Å². The van der Waals surface area contributed by atoms with E-state index in [9.17, 15) is 9.90 Å². The zero-order valence-electron chi connectivity index (χ0n) is 10.3. The third-order valence-corrected chi connectivity index (χ3v) is 4.17. The van der Waals surface area contributed by atoms with Crippen molar-refractivity contribution in [2.24, 2.45) is 0 Å². The lowest BCUT2D eigenvalue weighted by Crippen LogP contribution is -2.44. The van der Waals surface area contributed by atoms with Crippen molar-refractivity contribution in [3.63, 3.8) is 0 Å². The summed E-state index contributed by atoms with van der Waals surface area (Å²) in [4.78, 5) is 11.8. The van der Waals surface area contributed by atoms with E-state index in [0.29, 0.717) is 12.2 Å². The Hall–Kier alpha value is -1.55. The molecule has 2 saturated heterocycles. The molecule has 18 heavy (non-hydrogen) atoms. The van der Waals surface area contributed by atoms with Crippen molar-refractivity contribution in [3.8, 4) is 5.75 Å². The second-order valence-corrected chi connectivity index (χ2v) is 5.04. The Morgan fingerprint density at radius 2 is 2.33 bits per heavy atom. The van der Waals surface area contributed by atoms with Gasteiger partial charge in [0.2, 0.25) is 0 Å². The van der Waals surface area contributed by atoms with Gasteiger partial charge in [0.15, 0.2) is 0 Å². The van der Waals surface area contributed by atoms with Crippen LogP contribution in [0.5, 0.6) is 5.75 Å². The van der Waals surface area contributed by atoms with E-state index in [1.165, 1.54) is 0 Å². The van der Waals surface area contributed by atoms with Crippen LogP contribution in [0.2, 0.25) is 0 Å². The highest BCUT2D eigenvalue weighted by molar-refractivity contribution is 5.83. The van der Waals surface area contributed by atoms with Gasteiger partial charge in [-0.2, -0.15) is 0 Å². The number of aliphatic carboxylic acids is 1. The van der Waals surface area contributed by atoms with E-state index < -0.39 is 11.4 Å². The van der Waals surface area contributed by atoms with E-state index in [4.69, 9.17) is 9.47 Å². The zero-order valence-corrected chi connectivity index (χ0v) is 10.3. The lowest BCUT2D eigenvalue weighted by Gasteiger charge is -2.31. The predicted molar refractivity (Wildman–Crippen MR) is 64.8 cm³/mol. The second kappa shape index (κ2) is 3.99. The molecule has 0 saturated carbocycles. The van der Waals surface area contributed by atoms with E-state index in [2.05, 4.69) is 0 Å². The summed E-state index contributed by atoms with van der Waals surface area (Å²) in [6.45, 7) is 0. The van der Waals surface area contributed by atoms with Crippen molar-refractivity contribution in [2.75, 3.05) is 7.11 Å². The fourth-order valence-electron chi connectivity index (χ4n) is 3.26. The Bertz CT molecular complexity index is 484. The number of carbonyl (C=O) groups is 1. The Labute approximate surface area is 106 Å². The van der Waals surface area contributed by atoms with Crippen LogP contribution >= 0.6 is 0 Å².